The highest BCUT2D eigenvalue weighted by molar-refractivity contribution is 5.93. The quantitative estimate of drug-likeness (QED) is 0.168. The lowest BCUT2D eigenvalue weighted by molar-refractivity contribution is -0.143. The zero-order valence-corrected chi connectivity index (χ0v) is 16.7. The molecule has 31 heavy (non-hydrogen) atoms. The van der Waals surface area contributed by atoms with E-state index in [1.165, 1.54) is 0 Å². The first-order valence-corrected chi connectivity index (χ1v) is 9.44. The van der Waals surface area contributed by atoms with Gasteiger partial charge in [0.2, 0.25) is 23.6 Å². The first-order valence-electron chi connectivity index (χ1n) is 9.44. The second kappa shape index (κ2) is 12.9. The zero-order valence-electron chi connectivity index (χ0n) is 16.7. The molecular weight excluding hydrogens is 410 g/mol. The topological polar surface area (TPSA) is 214 Å². The molecular formula is C19H27N5O7. The van der Waals surface area contributed by atoms with Crippen LogP contribution in [0.2, 0.25) is 0 Å². The molecule has 0 aromatic heterocycles. The minimum absolute atomic E-state index is 0.0918. The van der Waals surface area contributed by atoms with Gasteiger partial charge in [0.15, 0.2) is 0 Å². The summed E-state index contributed by atoms with van der Waals surface area (Å²) in [6.07, 6.45) is -0.447. The lowest BCUT2D eigenvalue weighted by Gasteiger charge is -2.23. The number of hydrogen-bond donors (Lipinski definition) is 7. The number of aliphatic carboxylic acids is 1. The third kappa shape index (κ3) is 9.23. The van der Waals surface area contributed by atoms with E-state index in [0.29, 0.717) is 0 Å². The van der Waals surface area contributed by atoms with E-state index in [1.807, 2.05) is 0 Å². The Morgan fingerprint density at radius 3 is 2.00 bits per heavy atom. The lowest BCUT2D eigenvalue weighted by Crippen LogP contribution is -2.57. The Balaban J connectivity index is 2.86. The van der Waals surface area contributed by atoms with Crippen LogP contribution in [0.3, 0.4) is 0 Å². The van der Waals surface area contributed by atoms with Gasteiger partial charge in [-0.3, -0.25) is 19.2 Å². The number of carboxylic acids is 1. The number of carboxylic acid groups (broad SMARTS) is 1. The summed E-state index contributed by atoms with van der Waals surface area (Å²) in [7, 11) is 0. The van der Waals surface area contributed by atoms with Gasteiger partial charge in [-0.2, -0.15) is 0 Å². The maximum absolute atomic E-state index is 12.7. The van der Waals surface area contributed by atoms with Crippen molar-refractivity contribution >= 4 is 29.6 Å². The number of nitrogens with one attached hydrogen (secondary N) is 3. The molecule has 4 amide bonds. The number of nitrogens with two attached hydrogens (primary N) is 2. The van der Waals surface area contributed by atoms with Crippen molar-refractivity contribution in [2.45, 2.75) is 37.4 Å². The van der Waals surface area contributed by atoms with Crippen molar-refractivity contribution in [2.24, 2.45) is 11.5 Å². The average molecular weight is 437 g/mol. The number of amides is 4. The number of primary amides is 1. The first kappa shape index (κ1) is 25.5. The normalized spacial score (nSPS) is 13.4. The molecule has 0 saturated heterocycles. The largest absolute Gasteiger partial charge is 0.480 e. The number of rotatable bonds is 13. The molecule has 0 aliphatic carbocycles. The molecule has 3 atom stereocenters. The molecule has 0 aliphatic heterocycles. The predicted molar refractivity (Wildman–Crippen MR) is 108 cm³/mol. The fourth-order valence-corrected chi connectivity index (χ4v) is 2.60. The summed E-state index contributed by atoms with van der Waals surface area (Å²) in [5.74, 6) is -4.50. The van der Waals surface area contributed by atoms with Gasteiger partial charge in [0.05, 0.1) is 13.2 Å². The Kier molecular flexibility index (Phi) is 10.6. The van der Waals surface area contributed by atoms with Crippen LogP contribution in [-0.2, 0) is 30.4 Å². The van der Waals surface area contributed by atoms with Gasteiger partial charge in [-0.05, 0) is 12.0 Å². The molecule has 1 aromatic rings. The minimum Gasteiger partial charge on any atom is -0.480 e. The molecule has 0 spiro atoms. The highest BCUT2D eigenvalue weighted by Crippen LogP contribution is 2.05. The fourth-order valence-electron chi connectivity index (χ4n) is 2.60. The van der Waals surface area contributed by atoms with Gasteiger partial charge in [-0.1, -0.05) is 30.3 Å². The second-order valence-electron chi connectivity index (χ2n) is 6.66. The number of aliphatic hydroxyl groups excluding tert-OH is 1. The molecule has 12 heteroatoms. The van der Waals surface area contributed by atoms with Crippen molar-refractivity contribution in [1.29, 1.82) is 0 Å². The van der Waals surface area contributed by atoms with E-state index in [1.54, 1.807) is 30.3 Å². The molecule has 170 valence electrons. The van der Waals surface area contributed by atoms with Crippen LogP contribution in [0.25, 0.3) is 0 Å². The molecule has 0 heterocycles. The van der Waals surface area contributed by atoms with Crippen LogP contribution >= 0.6 is 0 Å². The van der Waals surface area contributed by atoms with E-state index in [-0.39, 0.29) is 25.8 Å². The summed E-state index contributed by atoms with van der Waals surface area (Å²) in [4.78, 5) is 58.9. The number of carbonyl (C=O) groups excluding carboxylic acids is 4. The van der Waals surface area contributed by atoms with Crippen molar-refractivity contribution in [1.82, 2.24) is 16.0 Å². The van der Waals surface area contributed by atoms with Crippen LogP contribution in [0.1, 0.15) is 18.4 Å². The predicted octanol–water partition coefficient (Wildman–Crippen LogP) is -3.02. The number of carbonyl (C=O) groups is 5. The number of hydrogen-bond acceptors (Lipinski definition) is 7. The second-order valence-corrected chi connectivity index (χ2v) is 6.66. The van der Waals surface area contributed by atoms with Crippen molar-refractivity contribution in [2.75, 3.05) is 13.2 Å². The van der Waals surface area contributed by atoms with Gasteiger partial charge in [-0.25, -0.2) is 4.79 Å². The van der Waals surface area contributed by atoms with Crippen molar-refractivity contribution in [3.05, 3.63) is 35.9 Å². The monoisotopic (exact) mass is 437 g/mol. The maximum Gasteiger partial charge on any atom is 0.326 e. The summed E-state index contributed by atoms with van der Waals surface area (Å²) < 4.78 is 0. The first-order chi connectivity index (χ1) is 14.7. The molecule has 1 rings (SSSR count). The van der Waals surface area contributed by atoms with Crippen LogP contribution in [-0.4, -0.2) is 71.1 Å². The van der Waals surface area contributed by atoms with Gasteiger partial charge in [0, 0.05) is 12.8 Å². The zero-order chi connectivity index (χ0) is 23.4. The number of aliphatic hydroxyl groups is 1. The molecule has 1 aromatic carbocycles. The van der Waals surface area contributed by atoms with Crippen molar-refractivity contribution in [3.63, 3.8) is 0 Å². The maximum atomic E-state index is 12.7. The molecule has 9 N–H and O–H groups in total. The van der Waals surface area contributed by atoms with Gasteiger partial charge in [0.1, 0.15) is 18.1 Å². The Morgan fingerprint density at radius 2 is 1.48 bits per heavy atom. The van der Waals surface area contributed by atoms with Gasteiger partial charge in [0.25, 0.3) is 0 Å². The SMILES string of the molecule is NCC(=O)NC(Cc1ccccc1)C(=O)NC(CO)C(=O)NC(CCC(N)=O)C(=O)O. The van der Waals surface area contributed by atoms with Crippen LogP contribution in [0.15, 0.2) is 30.3 Å². The molecule has 0 radical (unpaired) electrons. The van der Waals surface area contributed by atoms with E-state index in [4.69, 9.17) is 11.5 Å². The third-order valence-corrected chi connectivity index (χ3v) is 4.23. The molecule has 0 aliphatic rings. The van der Waals surface area contributed by atoms with Crippen molar-refractivity contribution < 1.29 is 34.2 Å². The summed E-state index contributed by atoms with van der Waals surface area (Å²) in [5, 5.41) is 25.5. The third-order valence-electron chi connectivity index (χ3n) is 4.23. The summed E-state index contributed by atoms with van der Waals surface area (Å²) >= 11 is 0. The van der Waals surface area contributed by atoms with Gasteiger partial charge < -0.3 is 37.6 Å². The Labute approximate surface area is 178 Å². The van der Waals surface area contributed by atoms with E-state index >= 15 is 0 Å². The number of benzene rings is 1. The van der Waals surface area contributed by atoms with Crippen LogP contribution in [0.5, 0.6) is 0 Å². The van der Waals surface area contributed by atoms with Crippen LogP contribution in [0, 0.1) is 0 Å². The van der Waals surface area contributed by atoms with Gasteiger partial charge in [-0.15, -0.1) is 0 Å². The lowest BCUT2D eigenvalue weighted by atomic mass is 10.0. The Bertz CT molecular complexity index is 787. The molecule has 0 fully saturated rings. The highest BCUT2D eigenvalue weighted by atomic mass is 16.4. The Morgan fingerprint density at radius 1 is 0.903 bits per heavy atom. The van der Waals surface area contributed by atoms with Crippen LogP contribution < -0.4 is 27.4 Å². The van der Waals surface area contributed by atoms with E-state index in [9.17, 15) is 34.2 Å². The minimum atomic E-state index is -1.49. The fraction of sp³-hybridized carbons (Fsp3) is 0.421. The average Bonchev–Trinajstić information content (AvgIpc) is 2.74. The smallest absolute Gasteiger partial charge is 0.326 e. The summed E-state index contributed by atoms with van der Waals surface area (Å²) in [6, 6.07) is 4.72. The molecule has 3 unspecified atom stereocenters. The highest BCUT2D eigenvalue weighted by Gasteiger charge is 2.29. The molecule has 0 bridgehead atoms. The molecule has 0 saturated carbocycles. The standard InChI is InChI=1S/C19H27N5O7/c20-9-16(27)22-13(8-11-4-2-1-3-5-11)17(28)24-14(10-25)18(29)23-12(19(30)31)6-7-15(21)26/h1-5,12-14,25H,6-10,20H2,(H2,21,26)(H,22,27)(H,23,29)(H,24,28)(H,30,31). The van der Waals surface area contributed by atoms with E-state index in [2.05, 4.69) is 16.0 Å². The summed E-state index contributed by atoms with van der Waals surface area (Å²) in [5.41, 5.74) is 11.0. The van der Waals surface area contributed by atoms with Gasteiger partial charge >= 0.3 is 5.97 Å². The van der Waals surface area contributed by atoms with E-state index in [0.717, 1.165) is 5.56 Å². The van der Waals surface area contributed by atoms with E-state index < -0.39 is 54.3 Å². The van der Waals surface area contributed by atoms with Crippen LogP contribution in [0.4, 0.5) is 0 Å². The Hall–Kier alpha value is -3.51. The van der Waals surface area contributed by atoms with Crippen molar-refractivity contribution in [3.8, 4) is 0 Å². The molecule has 12 nitrogen and oxygen atoms in total. The summed E-state index contributed by atoms with van der Waals surface area (Å²) in [6.45, 7) is -1.19.